The zero-order valence-electron chi connectivity index (χ0n) is 20.2. The molecule has 1 saturated heterocycles. The van der Waals surface area contributed by atoms with Gasteiger partial charge in [-0.15, -0.1) is 0 Å². The number of carboxylic acids is 1. The highest BCUT2D eigenvalue weighted by Gasteiger charge is 2.36. The summed E-state index contributed by atoms with van der Waals surface area (Å²) in [6.07, 6.45) is -0.685. The van der Waals surface area contributed by atoms with Crippen molar-refractivity contribution >= 4 is 18.0 Å². The number of ether oxygens (including phenoxy) is 2. The third-order valence-electron chi connectivity index (χ3n) is 6.67. The molecule has 1 aliphatic heterocycles. The predicted octanol–water partition coefficient (Wildman–Crippen LogP) is 3.55. The van der Waals surface area contributed by atoms with Gasteiger partial charge in [-0.1, -0.05) is 69.3 Å². The summed E-state index contributed by atoms with van der Waals surface area (Å²) in [6.45, 7) is 6.04. The van der Waals surface area contributed by atoms with E-state index in [4.69, 9.17) is 14.6 Å². The minimum absolute atomic E-state index is 0.0724. The molecule has 3 atom stereocenters. The number of hydrogen-bond donors (Lipinski definition) is 3. The van der Waals surface area contributed by atoms with Crippen molar-refractivity contribution in [2.75, 3.05) is 19.8 Å². The second-order valence-electron chi connectivity index (χ2n) is 10.2. The Morgan fingerprint density at radius 3 is 2.20 bits per heavy atom. The SMILES string of the molecule is CC(C)(C)[C@@H](NC(=O)OCC1c2ccccc2-c2ccccc21)C(=O)NC[C@@H]1C[C@H](C(=O)O)CO1. The molecule has 0 bridgehead atoms. The first-order valence-corrected chi connectivity index (χ1v) is 11.9. The van der Waals surface area contributed by atoms with Crippen LogP contribution in [0.2, 0.25) is 0 Å². The summed E-state index contributed by atoms with van der Waals surface area (Å²) in [4.78, 5) is 36.8. The molecule has 2 aliphatic rings. The molecule has 3 N–H and O–H groups in total. The van der Waals surface area contributed by atoms with Gasteiger partial charge < -0.3 is 25.2 Å². The Balaban J connectivity index is 1.35. The van der Waals surface area contributed by atoms with Gasteiger partial charge in [-0.05, 0) is 34.1 Å². The Morgan fingerprint density at radius 1 is 1.06 bits per heavy atom. The quantitative estimate of drug-likeness (QED) is 0.559. The number of carbonyl (C=O) groups is 3. The topological polar surface area (TPSA) is 114 Å². The van der Waals surface area contributed by atoms with Crippen LogP contribution < -0.4 is 10.6 Å². The van der Waals surface area contributed by atoms with Gasteiger partial charge in [-0.3, -0.25) is 9.59 Å². The Bertz CT molecular complexity index is 1060. The smallest absolute Gasteiger partial charge is 0.407 e. The van der Waals surface area contributed by atoms with Gasteiger partial charge in [0.15, 0.2) is 0 Å². The zero-order valence-corrected chi connectivity index (χ0v) is 20.2. The van der Waals surface area contributed by atoms with Gasteiger partial charge in [0.1, 0.15) is 12.6 Å². The molecule has 0 radical (unpaired) electrons. The molecule has 35 heavy (non-hydrogen) atoms. The standard InChI is InChI=1S/C27H32N2O6/c1-27(2,3)23(24(30)28-13-17-12-16(14-34-17)25(31)32)29-26(33)35-15-22-20-10-6-4-8-18(20)19-9-5-7-11-21(19)22/h4-11,16-17,22-23H,12-15H2,1-3H3,(H,28,30)(H,29,33)(H,31,32)/t16-,17-,23-/m0/s1. The summed E-state index contributed by atoms with van der Waals surface area (Å²) in [5.74, 6) is -1.90. The van der Waals surface area contributed by atoms with E-state index in [0.29, 0.717) is 6.42 Å². The molecule has 2 aromatic carbocycles. The Labute approximate surface area is 205 Å². The van der Waals surface area contributed by atoms with Crippen LogP contribution in [0.25, 0.3) is 11.1 Å². The Morgan fingerprint density at radius 2 is 1.66 bits per heavy atom. The summed E-state index contributed by atoms with van der Waals surface area (Å²) in [5.41, 5.74) is 3.94. The monoisotopic (exact) mass is 480 g/mol. The van der Waals surface area contributed by atoms with E-state index in [9.17, 15) is 14.4 Å². The zero-order chi connectivity index (χ0) is 25.2. The molecule has 0 saturated carbocycles. The summed E-state index contributed by atoms with van der Waals surface area (Å²) in [6, 6.07) is 15.3. The van der Waals surface area contributed by atoms with Gasteiger partial charge in [0.25, 0.3) is 0 Å². The Hall–Kier alpha value is -3.39. The second-order valence-corrected chi connectivity index (χ2v) is 10.2. The number of hydrogen-bond acceptors (Lipinski definition) is 5. The molecule has 2 amide bonds. The lowest BCUT2D eigenvalue weighted by atomic mass is 9.86. The molecule has 0 unspecified atom stereocenters. The highest BCUT2D eigenvalue weighted by atomic mass is 16.5. The number of carbonyl (C=O) groups excluding carboxylic acids is 2. The van der Waals surface area contributed by atoms with Crippen molar-refractivity contribution in [3.8, 4) is 11.1 Å². The number of amides is 2. The maximum Gasteiger partial charge on any atom is 0.407 e. The Kier molecular flexibility index (Phi) is 7.12. The maximum absolute atomic E-state index is 12.9. The molecule has 8 heteroatoms. The van der Waals surface area contributed by atoms with Gasteiger partial charge >= 0.3 is 12.1 Å². The number of nitrogens with one attached hydrogen (secondary N) is 2. The van der Waals surface area contributed by atoms with Gasteiger partial charge in [0, 0.05) is 12.5 Å². The lowest BCUT2D eigenvalue weighted by Gasteiger charge is -2.30. The first kappa shape index (κ1) is 24.7. The van der Waals surface area contributed by atoms with E-state index in [-0.39, 0.29) is 37.7 Å². The first-order valence-electron chi connectivity index (χ1n) is 11.9. The minimum atomic E-state index is -0.900. The van der Waals surface area contributed by atoms with E-state index in [1.165, 1.54) is 0 Å². The number of fused-ring (bicyclic) bond motifs is 3. The van der Waals surface area contributed by atoms with Crippen molar-refractivity contribution in [1.29, 1.82) is 0 Å². The molecule has 4 rings (SSSR count). The lowest BCUT2D eigenvalue weighted by molar-refractivity contribution is -0.141. The molecule has 0 aromatic heterocycles. The average molecular weight is 481 g/mol. The van der Waals surface area contributed by atoms with Crippen molar-refractivity contribution in [1.82, 2.24) is 10.6 Å². The molecule has 1 fully saturated rings. The summed E-state index contributed by atoms with van der Waals surface area (Å²) >= 11 is 0. The number of alkyl carbamates (subject to hydrolysis) is 1. The number of benzene rings is 2. The van der Waals surface area contributed by atoms with Crippen molar-refractivity contribution in [2.24, 2.45) is 11.3 Å². The van der Waals surface area contributed by atoms with Gasteiger partial charge in [0.2, 0.25) is 5.91 Å². The van der Waals surface area contributed by atoms with Crippen LogP contribution in [0, 0.1) is 11.3 Å². The van der Waals surface area contributed by atoms with Gasteiger partial charge in [-0.2, -0.15) is 0 Å². The molecule has 186 valence electrons. The molecule has 2 aromatic rings. The van der Waals surface area contributed by atoms with Gasteiger partial charge in [0.05, 0.1) is 18.6 Å². The molecule has 1 aliphatic carbocycles. The number of carboxylic acid groups (broad SMARTS) is 1. The van der Waals surface area contributed by atoms with E-state index in [1.807, 2.05) is 57.2 Å². The number of rotatable bonds is 7. The van der Waals surface area contributed by atoms with E-state index >= 15 is 0 Å². The molecule has 0 spiro atoms. The summed E-state index contributed by atoms with van der Waals surface area (Å²) in [5, 5.41) is 14.6. The van der Waals surface area contributed by atoms with Crippen LogP contribution in [0.15, 0.2) is 48.5 Å². The van der Waals surface area contributed by atoms with Crippen molar-refractivity contribution in [2.45, 2.75) is 45.3 Å². The summed E-state index contributed by atoms with van der Waals surface area (Å²) < 4.78 is 11.1. The predicted molar refractivity (Wildman–Crippen MR) is 130 cm³/mol. The number of aliphatic carboxylic acids is 1. The van der Waals surface area contributed by atoms with Crippen LogP contribution in [-0.4, -0.2) is 55.0 Å². The lowest BCUT2D eigenvalue weighted by Crippen LogP contribution is -2.54. The fraction of sp³-hybridized carbons (Fsp3) is 0.444. The molecule has 8 nitrogen and oxygen atoms in total. The fourth-order valence-electron chi connectivity index (χ4n) is 4.77. The van der Waals surface area contributed by atoms with Crippen LogP contribution in [-0.2, 0) is 19.1 Å². The van der Waals surface area contributed by atoms with Crippen molar-refractivity contribution in [3.63, 3.8) is 0 Å². The molecular formula is C27H32N2O6. The fourth-order valence-corrected chi connectivity index (χ4v) is 4.77. The van der Waals surface area contributed by atoms with Crippen LogP contribution in [0.1, 0.15) is 44.2 Å². The molecule has 1 heterocycles. The van der Waals surface area contributed by atoms with Crippen LogP contribution in [0.5, 0.6) is 0 Å². The van der Waals surface area contributed by atoms with Crippen molar-refractivity contribution < 1.29 is 29.0 Å². The first-order chi connectivity index (χ1) is 16.6. The van der Waals surface area contributed by atoms with Crippen LogP contribution >= 0.6 is 0 Å². The van der Waals surface area contributed by atoms with Crippen LogP contribution in [0.4, 0.5) is 4.79 Å². The van der Waals surface area contributed by atoms with Crippen molar-refractivity contribution in [3.05, 3.63) is 59.7 Å². The largest absolute Gasteiger partial charge is 0.481 e. The van der Waals surface area contributed by atoms with E-state index < -0.39 is 29.4 Å². The minimum Gasteiger partial charge on any atom is -0.481 e. The summed E-state index contributed by atoms with van der Waals surface area (Å²) in [7, 11) is 0. The average Bonchev–Trinajstić information content (AvgIpc) is 3.42. The van der Waals surface area contributed by atoms with E-state index in [2.05, 4.69) is 22.8 Å². The normalized spacial score (nSPS) is 20.0. The second kappa shape index (κ2) is 10.1. The maximum atomic E-state index is 12.9. The highest BCUT2D eigenvalue weighted by Crippen LogP contribution is 2.44. The van der Waals surface area contributed by atoms with E-state index in [1.54, 1.807) is 0 Å². The highest BCUT2D eigenvalue weighted by molar-refractivity contribution is 5.86. The third kappa shape index (κ3) is 5.48. The van der Waals surface area contributed by atoms with E-state index in [0.717, 1.165) is 22.3 Å². The molecular weight excluding hydrogens is 448 g/mol. The third-order valence-corrected chi connectivity index (χ3v) is 6.67. The van der Waals surface area contributed by atoms with Gasteiger partial charge in [-0.25, -0.2) is 4.79 Å². The van der Waals surface area contributed by atoms with Crippen LogP contribution in [0.3, 0.4) is 0 Å².